The molecule has 1 N–H and O–H groups in total. The van der Waals surface area contributed by atoms with E-state index < -0.39 is 0 Å². The van der Waals surface area contributed by atoms with E-state index in [0.29, 0.717) is 19.0 Å². The molecule has 7 nitrogen and oxygen atoms in total. The first-order valence-electron chi connectivity index (χ1n) is 9.23. The third-order valence-corrected chi connectivity index (χ3v) is 4.38. The zero-order chi connectivity index (χ0) is 19.4. The van der Waals surface area contributed by atoms with E-state index >= 15 is 0 Å². The number of rotatable bonds is 6. The Morgan fingerprint density at radius 2 is 2.04 bits per heavy atom. The minimum absolute atomic E-state index is 0.120. The Morgan fingerprint density at radius 3 is 2.70 bits per heavy atom. The van der Waals surface area contributed by atoms with Gasteiger partial charge in [-0.3, -0.25) is 15.0 Å². The molecule has 2 aromatic rings. The second-order valence-corrected chi connectivity index (χ2v) is 7.70. The molecule has 0 radical (unpaired) electrons. The maximum atomic E-state index is 12.4. The SMILES string of the molecule is CCN(CC(=O)Nc1cc(C(C)(C)C)no1)CC1COc2ccccc2O1. The average molecular weight is 373 g/mol. The van der Waals surface area contributed by atoms with E-state index in [1.165, 1.54) is 0 Å². The number of aromatic nitrogens is 1. The van der Waals surface area contributed by atoms with Crippen molar-refractivity contribution < 1.29 is 18.8 Å². The van der Waals surface area contributed by atoms with Gasteiger partial charge in [-0.2, -0.15) is 0 Å². The molecule has 0 saturated carbocycles. The van der Waals surface area contributed by atoms with Crippen molar-refractivity contribution in [3.63, 3.8) is 0 Å². The highest BCUT2D eigenvalue weighted by Crippen LogP contribution is 2.31. The maximum absolute atomic E-state index is 12.4. The van der Waals surface area contributed by atoms with Gasteiger partial charge in [-0.15, -0.1) is 0 Å². The molecule has 1 aliphatic heterocycles. The summed E-state index contributed by atoms with van der Waals surface area (Å²) in [5, 5.41) is 6.79. The van der Waals surface area contributed by atoms with Gasteiger partial charge < -0.3 is 14.0 Å². The molecular formula is C20H27N3O4. The molecule has 0 bridgehead atoms. The number of benzene rings is 1. The number of likely N-dealkylation sites (N-methyl/N-ethyl adjacent to an activating group) is 1. The van der Waals surface area contributed by atoms with Crippen molar-refractivity contribution in [3.05, 3.63) is 36.0 Å². The summed E-state index contributed by atoms with van der Waals surface area (Å²) in [7, 11) is 0. The van der Waals surface area contributed by atoms with Gasteiger partial charge in [-0.25, -0.2) is 0 Å². The number of nitrogens with zero attached hydrogens (tertiary/aromatic N) is 2. The number of amides is 1. The van der Waals surface area contributed by atoms with Crippen molar-refractivity contribution in [1.29, 1.82) is 0 Å². The molecule has 2 heterocycles. The molecule has 146 valence electrons. The molecular weight excluding hydrogens is 346 g/mol. The van der Waals surface area contributed by atoms with Crippen LogP contribution >= 0.6 is 0 Å². The molecule has 1 amide bonds. The Balaban J connectivity index is 1.53. The van der Waals surface area contributed by atoms with Crippen LogP contribution in [0.15, 0.2) is 34.9 Å². The van der Waals surface area contributed by atoms with Crippen LogP contribution in [-0.4, -0.2) is 48.3 Å². The van der Waals surface area contributed by atoms with E-state index in [4.69, 9.17) is 14.0 Å². The normalized spacial score (nSPS) is 16.4. The zero-order valence-corrected chi connectivity index (χ0v) is 16.3. The summed E-state index contributed by atoms with van der Waals surface area (Å²) >= 11 is 0. The summed E-state index contributed by atoms with van der Waals surface area (Å²) in [6.45, 7) is 10.2. The topological polar surface area (TPSA) is 76.8 Å². The van der Waals surface area contributed by atoms with Crippen LogP contribution in [0.1, 0.15) is 33.4 Å². The number of carbonyl (C=O) groups excluding carboxylic acids is 1. The van der Waals surface area contributed by atoms with Crippen molar-refractivity contribution >= 4 is 11.8 Å². The predicted molar refractivity (Wildman–Crippen MR) is 102 cm³/mol. The van der Waals surface area contributed by atoms with Crippen molar-refractivity contribution in [1.82, 2.24) is 10.1 Å². The van der Waals surface area contributed by atoms with Gasteiger partial charge in [0.1, 0.15) is 12.7 Å². The number of hydrogen-bond donors (Lipinski definition) is 1. The Hall–Kier alpha value is -2.54. The molecule has 27 heavy (non-hydrogen) atoms. The lowest BCUT2D eigenvalue weighted by Gasteiger charge is -2.30. The Kier molecular flexibility index (Phi) is 5.70. The van der Waals surface area contributed by atoms with Crippen LogP contribution in [0.25, 0.3) is 0 Å². The number of ether oxygens (including phenoxy) is 2. The van der Waals surface area contributed by atoms with Gasteiger partial charge in [0.15, 0.2) is 11.5 Å². The van der Waals surface area contributed by atoms with Crippen molar-refractivity contribution in [2.24, 2.45) is 0 Å². The predicted octanol–water partition coefficient (Wildman–Crippen LogP) is 3.07. The van der Waals surface area contributed by atoms with Crippen molar-refractivity contribution in [3.8, 4) is 11.5 Å². The summed E-state index contributed by atoms with van der Waals surface area (Å²) in [6, 6.07) is 9.38. The fourth-order valence-corrected chi connectivity index (χ4v) is 2.81. The Labute approximate surface area is 159 Å². The smallest absolute Gasteiger partial charge is 0.240 e. The number of nitrogens with one attached hydrogen (secondary N) is 1. The molecule has 1 unspecified atom stereocenters. The summed E-state index contributed by atoms with van der Waals surface area (Å²) < 4.78 is 16.9. The molecule has 3 rings (SSSR count). The van der Waals surface area contributed by atoms with Crippen LogP contribution in [0.3, 0.4) is 0 Å². The molecule has 0 spiro atoms. The third kappa shape index (κ3) is 5.01. The monoisotopic (exact) mass is 373 g/mol. The van der Waals surface area contributed by atoms with E-state index in [0.717, 1.165) is 23.7 Å². The molecule has 1 aromatic heterocycles. The first-order chi connectivity index (χ1) is 12.8. The quantitative estimate of drug-likeness (QED) is 0.839. The number of fused-ring (bicyclic) bond motifs is 1. The van der Waals surface area contributed by atoms with Crippen LogP contribution in [-0.2, 0) is 10.2 Å². The van der Waals surface area contributed by atoms with Crippen LogP contribution in [0, 0.1) is 0 Å². The number of anilines is 1. The maximum Gasteiger partial charge on any atom is 0.240 e. The van der Waals surface area contributed by atoms with Gasteiger partial charge >= 0.3 is 0 Å². The lowest BCUT2D eigenvalue weighted by molar-refractivity contribution is -0.117. The third-order valence-electron chi connectivity index (χ3n) is 4.38. The van der Waals surface area contributed by atoms with Crippen LogP contribution < -0.4 is 14.8 Å². The largest absolute Gasteiger partial charge is 0.486 e. The van der Waals surface area contributed by atoms with Gasteiger partial charge in [0.25, 0.3) is 0 Å². The number of carbonyl (C=O) groups is 1. The zero-order valence-electron chi connectivity index (χ0n) is 16.3. The van der Waals surface area contributed by atoms with Gasteiger partial charge in [0.05, 0.1) is 12.2 Å². The highest BCUT2D eigenvalue weighted by molar-refractivity contribution is 5.91. The van der Waals surface area contributed by atoms with Crippen LogP contribution in [0.2, 0.25) is 0 Å². The molecule has 7 heteroatoms. The summed E-state index contributed by atoms with van der Waals surface area (Å²) in [5.74, 6) is 1.72. The highest BCUT2D eigenvalue weighted by Gasteiger charge is 2.24. The minimum atomic E-state index is -0.148. The van der Waals surface area contributed by atoms with E-state index in [-0.39, 0.29) is 24.0 Å². The number of hydrogen-bond acceptors (Lipinski definition) is 6. The summed E-state index contributed by atoms with van der Waals surface area (Å²) in [4.78, 5) is 14.4. The standard InChI is InChI=1S/C20H27N3O4/c1-5-23(11-14-13-25-15-8-6-7-9-16(15)26-14)12-18(24)21-19-10-17(22-27-19)20(2,3)4/h6-10,14H,5,11-13H2,1-4H3,(H,21,24). The highest BCUT2D eigenvalue weighted by atomic mass is 16.6. The summed E-state index contributed by atoms with van der Waals surface area (Å²) in [5.41, 5.74) is 0.674. The summed E-state index contributed by atoms with van der Waals surface area (Å²) in [6.07, 6.45) is -0.120. The Morgan fingerprint density at radius 1 is 1.30 bits per heavy atom. The average Bonchev–Trinajstić information content (AvgIpc) is 3.09. The molecule has 0 saturated heterocycles. The van der Waals surface area contributed by atoms with Gasteiger partial charge in [-0.1, -0.05) is 45.0 Å². The van der Waals surface area contributed by atoms with Crippen LogP contribution in [0.4, 0.5) is 5.88 Å². The first-order valence-corrected chi connectivity index (χ1v) is 9.23. The van der Waals surface area contributed by atoms with Gasteiger partial charge in [0.2, 0.25) is 11.8 Å². The van der Waals surface area contributed by atoms with Gasteiger partial charge in [0, 0.05) is 18.0 Å². The molecule has 1 atom stereocenters. The lowest BCUT2D eigenvalue weighted by Crippen LogP contribution is -2.43. The fraction of sp³-hybridized carbons (Fsp3) is 0.500. The molecule has 0 fully saturated rings. The van der Waals surface area contributed by atoms with E-state index in [2.05, 4.69) is 10.5 Å². The minimum Gasteiger partial charge on any atom is -0.486 e. The van der Waals surface area contributed by atoms with E-state index in [9.17, 15) is 4.79 Å². The van der Waals surface area contributed by atoms with E-state index in [1.807, 2.05) is 56.9 Å². The lowest BCUT2D eigenvalue weighted by atomic mass is 9.92. The first kappa shape index (κ1) is 19.2. The Bertz CT molecular complexity index is 782. The fourth-order valence-electron chi connectivity index (χ4n) is 2.81. The number of para-hydroxylation sites is 2. The molecule has 1 aliphatic rings. The van der Waals surface area contributed by atoms with Crippen LogP contribution in [0.5, 0.6) is 11.5 Å². The second kappa shape index (κ2) is 8.00. The van der Waals surface area contributed by atoms with Crippen molar-refractivity contribution in [2.45, 2.75) is 39.2 Å². The van der Waals surface area contributed by atoms with Crippen molar-refractivity contribution in [2.75, 3.05) is 31.6 Å². The van der Waals surface area contributed by atoms with Gasteiger partial charge in [-0.05, 0) is 18.7 Å². The molecule has 1 aromatic carbocycles. The van der Waals surface area contributed by atoms with E-state index in [1.54, 1.807) is 6.07 Å². The molecule has 0 aliphatic carbocycles. The second-order valence-electron chi connectivity index (χ2n) is 7.70.